The molecule has 162 valence electrons. The van der Waals surface area contributed by atoms with Crippen LogP contribution in [0.3, 0.4) is 0 Å². The number of benzene rings is 2. The van der Waals surface area contributed by atoms with Gasteiger partial charge in [-0.2, -0.15) is 0 Å². The van der Waals surface area contributed by atoms with E-state index in [2.05, 4.69) is 28.4 Å². The summed E-state index contributed by atoms with van der Waals surface area (Å²) in [7, 11) is 3.05. The van der Waals surface area contributed by atoms with E-state index in [4.69, 9.17) is 9.47 Å². The molecule has 0 bridgehead atoms. The first-order chi connectivity index (χ1) is 15.2. The summed E-state index contributed by atoms with van der Waals surface area (Å²) in [5.41, 5.74) is 6.18. The van der Waals surface area contributed by atoms with Crippen molar-refractivity contribution in [1.82, 2.24) is 5.32 Å². The number of piperidine rings is 1. The minimum atomic E-state index is -0.364. The highest BCUT2D eigenvalue weighted by Gasteiger charge is 2.41. The summed E-state index contributed by atoms with van der Waals surface area (Å²) < 4.78 is 10.2. The van der Waals surface area contributed by atoms with Crippen molar-refractivity contribution >= 4 is 29.5 Å². The molecule has 0 radical (unpaired) electrons. The maximum absolute atomic E-state index is 11.7. The van der Waals surface area contributed by atoms with Crippen molar-refractivity contribution in [1.29, 1.82) is 0 Å². The summed E-state index contributed by atoms with van der Waals surface area (Å²) in [5, 5.41) is 3.61. The number of carbonyl (C=O) groups excluding carboxylic acids is 1. The van der Waals surface area contributed by atoms with E-state index in [9.17, 15) is 4.79 Å². The number of carbonyl (C=O) groups is 1. The molecule has 3 aliphatic rings. The molecular formula is C25H28N2O3S. The number of hydrogen-bond donors (Lipinski definition) is 1. The lowest BCUT2D eigenvalue weighted by Gasteiger charge is -2.33. The molecule has 0 unspecified atom stereocenters. The summed E-state index contributed by atoms with van der Waals surface area (Å²) in [6.45, 7) is 3.30. The van der Waals surface area contributed by atoms with Gasteiger partial charge in [-0.25, -0.2) is 4.79 Å². The molecule has 0 aliphatic carbocycles. The maximum atomic E-state index is 11.7. The Labute approximate surface area is 187 Å². The number of anilines is 1. The van der Waals surface area contributed by atoms with E-state index >= 15 is 0 Å². The topological polar surface area (TPSA) is 50.8 Å². The summed E-state index contributed by atoms with van der Waals surface area (Å²) in [6, 6.07) is 11.4. The van der Waals surface area contributed by atoms with Crippen LogP contribution in [0.1, 0.15) is 29.9 Å². The molecule has 3 heterocycles. The standard InChI is InChI=1S/C25H28N2O3S/c1-29-18-5-6-19(16(12-18)4-7-24(28)30-2)17-13-20-21-15-26-9-8-22(21)27-10-3-11-31-23(14-17)25(20)27/h4-7,12-14,21-22,26H,3,8-11,15H2,1-2H3/b7-4+/t21-,22-/m0/s1. The van der Waals surface area contributed by atoms with Crippen molar-refractivity contribution in [3.63, 3.8) is 0 Å². The van der Waals surface area contributed by atoms with Crippen LogP contribution in [0.25, 0.3) is 17.2 Å². The van der Waals surface area contributed by atoms with Gasteiger partial charge < -0.3 is 19.7 Å². The summed E-state index contributed by atoms with van der Waals surface area (Å²) in [4.78, 5) is 15.8. The molecule has 2 aromatic carbocycles. The number of thioether (sulfide) groups is 1. The van der Waals surface area contributed by atoms with E-state index in [1.807, 2.05) is 30.0 Å². The molecule has 0 aromatic heterocycles. The Hall–Kier alpha value is -2.44. The molecule has 31 heavy (non-hydrogen) atoms. The maximum Gasteiger partial charge on any atom is 0.330 e. The predicted octanol–water partition coefficient (Wildman–Crippen LogP) is 4.31. The molecule has 2 aromatic rings. The van der Waals surface area contributed by atoms with Crippen LogP contribution in [-0.4, -0.2) is 51.6 Å². The van der Waals surface area contributed by atoms with Gasteiger partial charge in [0.2, 0.25) is 0 Å². The highest BCUT2D eigenvalue weighted by molar-refractivity contribution is 7.99. The van der Waals surface area contributed by atoms with Crippen LogP contribution in [0, 0.1) is 0 Å². The van der Waals surface area contributed by atoms with Crippen molar-refractivity contribution in [3.8, 4) is 16.9 Å². The van der Waals surface area contributed by atoms with E-state index in [1.165, 1.54) is 47.7 Å². The van der Waals surface area contributed by atoms with E-state index in [0.717, 1.165) is 42.3 Å². The predicted molar refractivity (Wildman–Crippen MR) is 126 cm³/mol. The zero-order chi connectivity index (χ0) is 21.4. The van der Waals surface area contributed by atoms with Crippen molar-refractivity contribution in [2.24, 2.45) is 0 Å². The average Bonchev–Trinajstić information content (AvgIpc) is 2.97. The lowest BCUT2D eigenvalue weighted by molar-refractivity contribution is -0.134. The number of esters is 1. The van der Waals surface area contributed by atoms with Crippen LogP contribution >= 0.6 is 11.8 Å². The van der Waals surface area contributed by atoms with Gasteiger partial charge in [-0.05, 0) is 77.7 Å². The SMILES string of the molecule is COC(=O)/C=C/c1cc(OC)ccc1-c1cc2c3c(c1)[C@@H]1CNCC[C@@H]1N3CCCS2. The van der Waals surface area contributed by atoms with Gasteiger partial charge in [0.1, 0.15) is 5.75 Å². The zero-order valence-electron chi connectivity index (χ0n) is 18.0. The second-order valence-corrected chi connectivity index (χ2v) is 9.42. The molecular weight excluding hydrogens is 408 g/mol. The fourth-order valence-electron chi connectivity index (χ4n) is 5.17. The third-order valence-electron chi connectivity index (χ3n) is 6.61. The first kappa shape index (κ1) is 20.5. The van der Waals surface area contributed by atoms with Gasteiger partial charge in [0, 0.05) is 36.0 Å². The van der Waals surface area contributed by atoms with Crippen LogP contribution < -0.4 is 15.0 Å². The molecule has 1 saturated heterocycles. The van der Waals surface area contributed by atoms with Crippen LogP contribution in [-0.2, 0) is 9.53 Å². The summed E-state index contributed by atoms with van der Waals surface area (Å²) >= 11 is 1.98. The molecule has 6 heteroatoms. The normalized spacial score (nSPS) is 22.1. The highest BCUT2D eigenvalue weighted by Crippen LogP contribution is 2.51. The second-order valence-electron chi connectivity index (χ2n) is 8.28. The number of rotatable bonds is 4. The Morgan fingerprint density at radius 2 is 2.16 bits per heavy atom. The Bertz CT molecular complexity index is 1040. The molecule has 1 N–H and O–H groups in total. The molecule has 1 fully saturated rings. The number of methoxy groups -OCH3 is 2. The molecule has 5 rings (SSSR count). The van der Waals surface area contributed by atoms with E-state index in [-0.39, 0.29) is 5.97 Å². The summed E-state index contributed by atoms with van der Waals surface area (Å²) in [5.74, 6) is 2.09. The van der Waals surface area contributed by atoms with E-state index in [0.29, 0.717) is 12.0 Å². The van der Waals surface area contributed by atoms with Gasteiger partial charge >= 0.3 is 5.97 Å². The van der Waals surface area contributed by atoms with Crippen LogP contribution in [0.2, 0.25) is 0 Å². The van der Waals surface area contributed by atoms with Crippen molar-refractivity contribution < 1.29 is 14.3 Å². The molecule has 3 aliphatic heterocycles. The third kappa shape index (κ3) is 3.72. The Kier molecular flexibility index (Phi) is 5.67. The van der Waals surface area contributed by atoms with Gasteiger partial charge in [0.15, 0.2) is 0 Å². The van der Waals surface area contributed by atoms with Crippen LogP contribution in [0.4, 0.5) is 5.69 Å². The quantitative estimate of drug-likeness (QED) is 0.569. The fraction of sp³-hybridized carbons (Fsp3) is 0.400. The highest BCUT2D eigenvalue weighted by atomic mass is 32.2. The minimum Gasteiger partial charge on any atom is -0.497 e. The first-order valence-electron chi connectivity index (χ1n) is 10.9. The van der Waals surface area contributed by atoms with Gasteiger partial charge in [0.25, 0.3) is 0 Å². The van der Waals surface area contributed by atoms with E-state index in [1.54, 1.807) is 7.11 Å². The van der Waals surface area contributed by atoms with Gasteiger partial charge in [-0.15, -0.1) is 11.8 Å². The van der Waals surface area contributed by atoms with Crippen LogP contribution in [0.15, 0.2) is 41.3 Å². The van der Waals surface area contributed by atoms with Crippen LogP contribution in [0.5, 0.6) is 5.75 Å². The minimum absolute atomic E-state index is 0.364. The van der Waals surface area contributed by atoms with Gasteiger partial charge in [-0.3, -0.25) is 0 Å². The third-order valence-corrected chi connectivity index (χ3v) is 7.72. The Morgan fingerprint density at radius 3 is 3.00 bits per heavy atom. The smallest absolute Gasteiger partial charge is 0.330 e. The van der Waals surface area contributed by atoms with Gasteiger partial charge in [0.05, 0.1) is 19.9 Å². The largest absolute Gasteiger partial charge is 0.497 e. The zero-order valence-corrected chi connectivity index (χ0v) is 18.8. The summed E-state index contributed by atoms with van der Waals surface area (Å²) in [6.07, 6.45) is 5.71. The Morgan fingerprint density at radius 1 is 1.26 bits per heavy atom. The molecule has 2 atom stereocenters. The van der Waals surface area contributed by atoms with E-state index < -0.39 is 0 Å². The molecule has 5 nitrogen and oxygen atoms in total. The fourth-order valence-corrected chi connectivity index (χ4v) is 6.25. The number of nitrogens with one attached hydrogen (secondary N) is 1. The number of nitrogens with zero attached hydrogens (tertiary/aromatic N) is 1. The number of ether oxygens (including phenoxy) is 2. The first-order valence-corrected chi connectivity index (χ1v) is 11.9. The Balaban J connectivity index is 1.64. The second kappa shape index (κ2) is 8.60. The average molecular weight is 437 g/mol. The van der Waals surface area contributed by atoms with Crippen molar-refractivity contribution in [2.75, 3.05) is 44.5 Å². The monoisotopic (exact) mass is 436 g/mol. The lowest BCUT2D eigenvalue weighted by atomic mass is 9.88. The number of hydrogen-bond acceptors (Lipinski definition) is 6. The van der Waals surface area contributed by atoms with Crippen molar-refractivity contribution in [3.05, 3.63) is 47.5 Å². The van der Waals surface area contributed by atoms with Gasteiger partial charge in [-0.1, -0.05) is 6.07 Å². The number of fused-ring (bicyclic) bond motifs is 3. The van der Waals surface area contributed by atoms with Crippen molar-refractivity contribution in [2.45, 2.75) is 29.7 Å². The molecule has 0 amide bonds. The lowest BCUT2D eigenvalue weighted by Crippen LogP contribution is -2.44. The molecule has 0 spiro atoms. The molecule has 0 saturated carbocycles.